The van der Waals surface area contributed by atoms with E-state index >= 15 is 0 Å². The Hall–Kier alpha value is -1.03. The number of nitrogens with zero attached hydrogens (tertiary/aromatic N) is 1. The summed E-state index contributed by atoms with van der Waals surface area (Å²) in [5.41, 5.74) is 1.67. The summed E-state index contributed by atoms with van der Waals surface area (Å²) in [6, 6.07) is 7.29. The maximum absolute atomic E-state index is 12.1. The number of alkyl halides is 3. The van der Waals surface area contributed by atoms with Crippen LogP contribution in [-0.4, -0.2) is 32.3 Å². The topological polar surface area (TPSA) is 45.7 Å². The first-order chi connectivity index (χ1) is 11.4. The van der Waals surface area contributed by atoms with Crippen LogP contribution in [0.3, 0.4) is 0 Å². The molecule has 0 saturated carbocycles. The molecule has 0 aliphatic heterocycles. The molecule has 0 aliphatic carbocycles. The van der Waals surface area contributed by atoms with Crippen LogP contribution < -0.4 is 10.6 Å². The van der Waals surface area contributed by atoms with E-state index in [9.17, 15) is 13.2 Å². The van der Waals surface area contributed by atoms with Gasteiger partial charge in [0.25, 0.3) is 0 Å². The summed E-state index contributed by atoms with van der Waals surface area (Å²) in [6.45, 7) is 2.26. The minimum Gasteiger partial charge on any atom is -0.367 e. The van der Waals surface area contributed by atoms with Gasteiger partial charge in [-0.2, -0.15) is 13.2 Å². The van der Waals surface area contributed by atoms with Crippen molar-refractivity contribution >= 4 is 29.9 Å². The number of halogens is 4. The van der Waals surface area contributed by atoms with Gasteiger partial charge >= 0.3 is 6.18 Å². The number of ether oxygens (including phenoxy) is 1. The van der Waals surface area contributed by atoms with Crippen molar-refractivity contribution in [2.75, 3.05) is 20.2 Å². The smallest absolute Gasteiger partial charge is 0.367 e. The molecule has 144 valence electrons. The van der Waals surface area contributed by atoms with Crippen LogP contribution in [0.4, 0.5) is 13.2 Å². The Kier molecular flexibility index (Phi) is 12.7. The molecule has 0 fully saturated rings. The molecular weight excluding hydrogens is 446 g/mol. The molecule has 0 aromatic heterocycles. The van der Waals surface area contributed by atoms with Gasteiger partial charge in [-0.1, -0.05) is 44.0 Å². The number of aliphatic imine (C=N–C) groups is 1. The summed E-state index contributed by atoms with van der Waals surface area (Å²) in [6.07, 6.45) is -0.876. The number of rotatable bonds is 9. The molecule has 8 heteroatoms. The summed E-state index contributed by atoms with van der Waals surface area (Å²) in [4.78, 5) is 4.14. The predicted molar refractivity (Wildman–Crippen MR) is 105 cm³/mol. The highest BCUT2D eigenvalue weighted by Gasteiger charge is 2.27. The lowest BCUT2D eigenvalue weighted by Crippen LogP contribution is -2.37. The lowest BCUT2D eigenvalue weighted by Gasteiger charge is -2.12. The van der Waals surface area contributed by atoms with Crippen LogP contribution in [0.25, 0.3) is 0 Å². The van der Waals surface area contributed by atoms with E-state index in [4.69, 9.17) is 0 Å². The summed E-state index contributed by atoms with van der Waals surface area (Å²) < 4.78 is 40.9. The lowest BCUT2D eigenvalue weighted by molar-refractivity contribution is -0.176. The third kappa shape index (κ3) is 12.0. The van der Waals surface area contributed by atoms with Gasteiger partial charge in [-0.25, -0.2) is 0 Å². The van der Waals surface area contributed by atoms with Crippen molar-refractivity contribution in [2.45, 2.75) is 45.5 Å². The molecule has 0 unspecified atom stereocenters. The molecule has 0 atom stereocenters. The number of nitrogens with one attached hydrogen (secondary N) is 2. The van der Waals surface area contributed by atoms with Gasteiger partial charge in [-0.3, -0.25) is 4.99 Å². The standard InChI is InChI=1S/C17H26F3N3O.HI/c1-3-4-5-9-22-16(21-2)23-11-14-7-6-8-15(10-14)12-24-13-17(18,19)20;/h6-8,10H,3-5,9,11-13H2,1-2H3,(H2,21,22,23);1H. The third-order valence-electron chi connectivity index (χ3n) is 3.28. The molecule has 0 aliphatic rings. The summed E-state index contributed by atoms with van der Waals surface area (Å²) >= 11 is 0. The minimum absolute atomic E-state index is 0. The molecule has 4 nitrogen and oxygen atoms in total. The number of unbranched alkanes of at least 4 members (excludes halogenated alkanes) is 2. The Bertz CT molecular complexity index is 510. The van der Waals surface area contributed by atoms with E-state index in [0.29, 0.717) is 18.1 Å². The third-order valence-corrected chi connectivity index (χ3v) is 3.28. The van der Waals surface area contributed by atoms with E-state index in [1.54, 1.807) is 19.2 Å². The van der Waals surface area contributed by atoms with Crippen LogP contribution in [0, 0.1) is 0 Å². The number of guanidine groups is 1. The van der Waals surface area contributed by atoms with Gasteiger partial charge in [0, 0.05) is 20.1 Å². The molecule has 0 radical (unpaired) electrons. The largest absolute Gasteiger partial charge is 0.411 e. The monoisotopic (exact) mass is 473 g/mol. The first-order valence-corrected chi connectivity index (χ1v) is 8.11. The van der Waals surface area contributed by atoms with Crippen molar-refractivity contribution < 1.29 is 17.9 Å². The number of hydrogen-bond donors (Lipinski definition) is 2. The zero-order valence-corrected chi connectivity index (χ0v) is 17.0. The van der Waals surface area contributed by atoms with E-state index in [0.717, 1.165) is 24.9 Å². The highest BCUT2D eigenvalue weighted by Crippen LogP contribution is 2.16. The molecule has 0 heterocycles. The first kappa shape index (κ1) is 24.0. The van der Waals surface area contributed by atoms with Gasteiger partial charge in [0.1, 0.15) is 6.61 Å². The van der Waals surface area contributed by atoms with Crippen molar-refractivity contribution in [3.63, 3.8) is 0 Å². The molecule has 0 bridgehead atoms. The van der Waals surface area contributed by atoms with Gasteiger partial charge in [-0.15, -0.1) is 24.0 Å². The quantitative estimate of drug-likeness (QED) is 0.244. The van der Waals surface area contributed by atoms with Crippen LogP contribution >= 0.6 is 24.0 Å². The van der Waals surface area contributed by atoms with Crippen LogP contribution in [0.1, 0.15) is 37.3 Å². The second-order valence-corrected chi connectivity index (χ2v) is 5.49. The molecule has 1 aromatic rings. The van der Waals surface area contributed by atoms with Crippen LogP contribution in [-0.2, 0) is 17.9 Å². The maximum Gasteiger partial charge on any atom is 0.411 e. The van der Waals surface area contributed by atoms with Gasteiger partial charge in [0.05, 0.1) is 6.61 Å². The Morgan fingerprint density at radius 3 is 2.52 bits per heavy atom. The van der Waals surface area contributed by atoms with Crippen molar-refractivity contribution in [1.82, 2.24) is 10.6 Å². The van der Waals surface area contributed by atoms with Gasteiger partial charge in [-0.05, 0) is 17.5 Å². The van der Waals surface area contributed by atoms with Crippen molar-refractivity contribution in [2.24, 2.45) is 4.99 Å². The second kappa shape index (κ2) is 13.2. The van der Waals surface area contributed by atoms with Crippen molar-refractivity contribution in [1.29, 1.82) is 0 Å². The highest BCUT2D eigenvalue weighted by molar-refractivity contribution is 14.0. The van der Waals surface area contributed by atoms with Crippen molar-refractivity contribution in [3.05, 3.63) is 35.4 Å². The zero-order valence-electron chi connectivity index (χ0n) is 14.7. The summed E-state index contributed by atoms with van der Waals surface area (Å²) in [5, 5.41) is 6.42. The summed E-state index contributed by atoms with van der Waals surface area (Å²) in [5.74, 6) is 0.713. The van der Waals surface area contributed by atoms with E-state index in [-0.39, 0.29) is 30.6 Å². The van der Waals surface area contributed by atoms with E-state index in [1.807, 2.05) is 12.1 Å². The second-order valence-electron chi connectivity index (χ2n) is 5.49. The summed E-state index contributed by atoms with van der Waals surface area (Å²) in [7, 11) is 1.70. The van der Waals surface area contributed by atoms with E-state index < -0.39 is 12.8 Å². The van der Waals surface area contributed by atoms with Crippen LogP contribution in [0.15, 0.2) is 29.3 Å². The molecule has 0 saturated heterocycles. The average Bonchev–Trinajstić information content (AvgIpc) is 2.53. The Morgan fingerprint density at radius 1 is 1.16 bits per heavy atom. The average molecular weight is 473 g/mol. The fourth-order valence-corrected chi connectivity index (χ4v) is 2.10. The molecule has 2 N–H and O–H groups in total. The van der Waals surface area contributed by atoms with Crippen molar-refractivity contribution in [3.8, 4) is 0 Å². The minimum atomic E-state index is -4.30. The molecular formula is C17H27F3IN3O. The van der Waals surface area contributed by atoms with Crippen LogP contribution in [0.2, 0.25) is 0 Å². The van der Waals surface area contributed by atoms with Crippen LogP contribution in [0.5, 0.6) is 0 Å². The molecule has 0 amide bonds. The predicted octanol–water partition coefficient (Wildman–Crippen LogP) is 4.24. The van der Waals surface area contributed by atoms with Gasteiger partial charge in [0.15, 0.2) is 5.96 Å². The van der Waals surface area contributed by atoms with E-state index in [2.05, 4.69) is 27.3 Å². The highest BCUT2D eigenvalue weighted by atomic mass is 127. The Morgan fingerprint density at radius 2 is 1.88 bits per heavy atom. The molecule has 1 aromatic carbocycles. The Balaban J connectivity index is 0.00000576. The molecule has 0 spiro atoms. The number of benzene rings is 1. The Labute approximate surface area is 164 Å². The molecule has 25 heavy (non-hydrogen) atoms. The SMILES string of the molecule is CCCCCNC(=NC)NCc1cccc(COCC(F)(F)F)c1.I. The normalized spacial score (nSPS) is 11.8. The lowest BCUT2D eigenvalue weighted by atomic mass is 10.1. The van der Waals surface area contributed by atoms with E-state index in [1.165, 1.54) is 6.42 Å². The van der Waals surface area contributed by atoms with Gasteiger partial charge in [0.2, 0.25) is 0 Å². The zero-order chi connectivity index (χ0) is 17.8. The fraction of sp³-hybridized carbons (Fsp3) is 0.588. The molecule has 1 rings (SSSR count). The first-order valence-electron chi connectivity index (χ1n) is 8.11. The number of hydrogen-bond acceptors (Lipinski definition) is 2. The fourth-order valence-electron chi connectivity index (χ4n) is 2.10. The maximum atomic E-state index is 12.1. The van der Waals surface area contributed by atoms with Gasteiger partial charge < -0.3 is 15.4 Å².